The van der Waals surface area contributed by atoms with E-state index in [9.17, 15) is 9.90 Å². The number of aromatic nitrogens is 1. The van der Waals surface area contributed by atoms with Crippen LogP contribution in [0.3, 0.4) is 0 Å². The Hall–Kier alpha value is -0.940. The zero-order valence-corrected chi connectivity index (χ0v) is 11.7. The van der Waals surface area contributed by atoms with Crippen LogP contribution in [0.1, 0.15) is 34.6 Å². The van der Waals surface area contributed by atoms with Crippen molar-refractivity contribution >= 4 is 17.7 Å². The number of hydrogen-bond acceptors (Lipinski definition) is 3. The highest BCUT2D eigenvalue weighted by atomic mass is 32.2. The number of hydrogen-bond donors (Lipinski definition) is 3. The summed E-state index contributed by atoms with van der Waals surface area (Å²) in [6.07, 6.45) is 1.50. The molecular weight excluding hydrogens is 248 g/mol. The van der Waals surface area contributed by atoms with Crippen molar-refractivity contribution in [3.8, 4) is 0 Å². The molecular formula is C13H20N2O2S. The van der Waals surface area contributed by atoms with Gasteiger partial charge in [0.15, 0.2) is 0 Å². The van der Waals surface area contributed by atoms with Crippen LogP contribution in [0.4, 0.5) is 0 Å². The van der Waals surface area contributed by atoms with Gasteiger partial charge < -0.3 is 15.4 Å². The Labute approximate surface area is 112 Å². The summed E-state index contributed by atoms with van der Waals surface area (Å²) in [4.78, 5) is 15.1. The largest absolute Gasteiger partial charge is 0.388 e. The first-order chi connectivity index (χ1) is 8.50. The smallest absolute Gasteiger partial charge is 0.268 e. The number of carbonyl (C=O) groups excluding carboxylic acids is 1. The Balaban J connectivity index is 1.94. The lowest BCUT2D eigenvalue weighted by atomic mass is 9.97. The lowest BCUT2D eigenvalue weighted by Gasteiger charge is -2.31. The molecule has 1 aromatic heterocycles. The number of aromatic amines is 1. The summed E-state index contributed by atoms with van der Waals surface area (Å²) in [5, 5.41) is 13.1. The summed E-state index contributed by atoms with van der Waals surface area (Å²) in [6, 6.07) is 1.95. The first kappa shape index (κ1) is 13.5. The predicted octanol–water partition coefficient (Wildman–Crippen LogP) is 1.62. The molecule has 2 rings (SSSR count). The van der Waals surface area contributed by atoms with Gasteiger partial charge in [-0.3, -0.25) is 4.79 Å². The summed E-state index contributed by atoms with van der Waals surface area (Å²) in [5.74, 6) is 1.80. The molecule has 0 aromatic carbocycles. The molecule has 0 atom stereocenters. The summed E-state index contributed by atoms with van der Waals surface area (Å²) in [7, 11) is 0. The predicted molar refractivity (Wildman–Crippen MR) is 74.1 cm³/mol. The van der Waals surface area contributed by atoms with Crippen LogP contribution in [0.25, 0.3) is 0 Å². The molecule has 1 fully saturated rings. The van der Waals surface area contributed by atoms with Gasteiger partial charge in [-0.15, -0.1) is 0 Å². The van der Waals surface area contributed by atoms with Crippen molar-refractivity contribution in [2.24, 2.45) is 0 Å². The molecule has 1 amide bonds. The molecule has 0 bridgehead atoms. The third-order valence-electron chi connectivity index (χ3n) is 3.38. The van der Waals surface area contributed by atoms with Gasteiger partial charge in [-0.05, 0) is 49.8 Å². The van der Waals surface area contributed by atoms with Gasteiger partial charge in [0.1, 0.15) is 5.69 Å². The highest BCUT2D eigenvalue weighted by molar-refractivity contribution is 7.99. The molecule has 18 heavy (non-hydrogen) atoms. The zero-order chi connectivity index (χ0) is 13.2. The van der Waals surface area contributed by atoms with E-state index in [-0.39, 0.29) is 5.91 Å². The Bertz CT molecular complexity index is 436. The van der Waals surface area contributed by atoms with Gasteiger partial charge in [0.2, 0.25) is 0 Å². The third kappa shape index (κ3) is 3.09. The average Bonchev–Trinajstić information content (AvgIpc) is 2.67. The van der Waals surface area contributed by atoms with Gasteiger partial charge >= 0.3 is 0 Å². The number of aryl methyl sites for hydroxylation is 2. The molecule has 1 aromatic rings. The standard InChI is InChI=1S/C13H20N2O2S/c1-9-7-10(2)15-11(9)12(16)14-8-13(17)3-5-18-6-4-13/h7,15,17H,3-6,8H2,1-2H3,(H,14,16). The average molecular weight is 268 g/mol. The molecule has 1 aliphatic heterocycles. The maximum absolute atomic E-state index is 12.0. The second kappa shape index (κ2) is 5.36. The van der Waals surface area contributed by atoms with E-state index in [1.165, 1.54) is 0 Å². The minimum Gasteiger partial charge on any atom is -0.388 e. The van der Waals surface area contributed by atoms with E-state index < -0.39 is 5.60 Å². The van der Waals surface area contributed by atoms with Crippen LogP contribution in [0.2, 0.25) is 0 Å². The fraction of sp³-hybridized carbons (Fsp3) is 0.615. The number of rotatable bonds is 3. The molecule has 0 saturated carbocycles. The number of H-pyrrole nitrogens is 1. The van der Waals surface area contributed by atoms with Gasteiger partial charge in [0.05, 0.1) is 5.60 Å². The van der Waals surface area contributed by atoms with E-state index in [1.807, 2.05) is 31.7 Å². The van der Waals surface area contributed by atoms with Crippen molar-refractivity contribution < 1.29 is 9.90 Å². The van der Waals surface area contributed by atoms with Gasteiger partial charge in [-0.25, -0.2) is 0 Å². The quantitative estimate of drug-likeness (QED) is 0.780. The van der Waals surface area contributed by atoms with Crippen LogP contribution in [0.5, 0.6) is 0 Å². The van der Waals surface area contributed by atoms with Crippen molar-refractivity contribution in [2.45, 2.75) is 32.3 Å². The molecule has 5 heteroatoms. The number of amides is 1. The van der Waals surface area contributed by atoms with Crippen molar-refractivity contribution in [1.82, 2.24) is 10.3 Å². The minimum absolute atomic E-state index is 0.132. The maximum Gasteiger partial charge on any atom is 0.268 e. The second-order valence-electron chi connectivity index (χ2n) is 5.03. The first-order valence-corrected chi connectivity index (χ1v) is 7.40. The van der Waals surface area contributed by atoms with Crippen LogP contribution in [-0.4, -0.2) is 39.6 Å². The fourth-order valence-electron chi connectivity index (χ4n) is 2.23. The Kier molecular flexibility index (Phi) is 4.02. The van der Waals surface area contributed by atoms with E-state index in [0.29, 0.717) is 12.2 Å². The SMILES string of the molecule is Cc1cc(C)c(C(=O)NCC2(O)CCSCC2)[nH]1. The van der Waals surface area contributed by atoms with Crippen LogP contribution < -0.4 is 5.32 Å². The van der Waals surface area contributed by atoms with E-state index in [0.717, 1.165) is 35.6 Å². The topological polar surface area (TPSA) is 65.1 Å². The molecule has 2 heterocycles. The van der Waals surface area contributed by atoms with Crippen LogP contribution in [0.15, 0.2) is 6.07 Å². The number of nitrogens with one attached hydrogen (secondary N) is 2. The lowest BCUT2D eigenvalue weighted by molar-refractivity contribution is 0.0310. The van der Waals surface area contributed by atoms with E-state index >= 15 is 0 Å². The Morgan fingerprint density at radius 3 is 2.72 bits per heavy atom. The number of carbonyl (C=O) groups is 1. The van der Waals surface area contributed by atoms with Gasteiger partial charge in [0.25, 0.3) is 5.91 Å². The molecule has 1 aliphatic rings. The molecule has 4 nitrogen and oxygen atoms in total. The zero-order valence-electron chi connectivity index (χ0n) is 10.9. The molecule has 0 spiro atoms. The normalized spacial score (nSPS) is 18.6. The van der Waals surface area contributed by atoms with Crippen molar-refractivity contribution in [3.63, 3.8) is 0 Å². The lowest BCUT2D eigenvalue weighted by Crippen LogP contribution is -2.45. The van der Waals surface area contributed by atoms with Gasteiger partial charge in [-0.2, -0.15) is 11.8 Å². The molecule has 3 N–H and O–H groups in total. The summed E-state index contributed by atoms with van der Waals surface area (Å²) < 4.78 is 0. The van der Waals surface area contributed by atoms with E-state index in [2.05, 4.69) is 10.3 Å². The molecule has 100 valence electrons. The molecule has 0 unspecified atom stereocenters. The van der Waals surface area contributed by atoms with Gasteiger partial charge in [-0.1, -0.05) is 0 Å². The molecule has 0 radical (unpaired) electrons. The Morgan fingerprint density at radius 2 is 2.17 bits per heavy atom. The van der Waals surface area contributed by atoms with Crippen LogP contribution in [0, 0.1) is 13.8 Å². The van der Waals surface area contributed by atoms with Gasteiger partial charge in [0, 0.05) is 12.2 Å². The highest BCUT2D eigenvalue weighted by Crippen LogP contribution is 2.26. The summed E-state index contributed by atoms with van der Waals surface area (Å²) in [6.45, 7) is 4.17. The van der Waals surface area contributed by atoms with E-state index in [4.69, 9.17) is 0 Å². The molecule has 1 saturated heterocycles. The fourth-order valence-corrected chi connectivity index (χ4v) is 3.48. The second-order valence-corrected chi connectivity index (χ2v) is 6.25. The third-order valence-corrected chi connectivity index (χ3v) is 4.36. The number of thioether (sulfide) groups is 1. The minimum atomic E-state index is -0.726. The highest BCUT2D eigenvalue weighted by Gasteiger charge is 2.30. The van der Waals surface area contributed by atoms with Crippen molar-refractivity contribution in [3.05, 3.63) is 23.0 Å². The summed E-state index contributed by atoms with van der Waals surface area (Å²) in [5.41, 5.74) is 1.79. The van der Waals surface area contributed by atoms with Crippen molar-refractivity contribution in [2.75, 3.05) is 18.1 Å². The number of aliphatic hydroxyl groups is 1. The monoisotopic (exact) mass is 268 g/mol. The summed E-state index contributed by atoms with van der Waals surface area (Å²) >= 11 is 1.85. The van der Waals surface area contributed by atoms with Crippen molar-refractivity contribution in [1.29, 1.82) is 0 Å². The Morgan fingerprint density at radius 1 is 1.50 bits per heavy atom. The van der Waals surface area contributed by atoms with E-state index in [1.54, 1.807) is 0 Å². The maximum atomic E-state index is 12.0. The van der Waals surface area contributed by atoms with Crippen LogP contribution >= 0.6 is 11.8 Å². The molecule has 0 aliphatic carbocycles. The first-order valence-electron chi connectivity index (χ1n) is 6.25. The van der Waals surface area contributed by atoms with Crippen LogP contribution in [-0.2, 0) is 0 Å².